The highest BCUT2D eigenvalue weighted by Crippen LogP contribution is 2.50. The number of benzene rings is 2. The number of morpholine rings is 1. The molecule has 0 radical (unpaired) electrons. The van der Waals surface area contributed by atoms with Crippen LogP contribution in [0, 0.1) is 0 Å². The van der Waals surface area contributed by atoms with Gasteiger partial charge < -0.3 is 19.7 Å². The Morgan fingerprint density at radius 3 is 2.04 bits per heavy atom. The summed E-state index contributed by atoms with van der Waals surface area (Å²) in [5.74, 6) is -1.69. The molecule has 2 aromatic rings. The van der Waals surface area contributed by atoms with Gasteiger partial charge in [-0.25, -0.2) is 0 Å². The van der Waals surface area contributed by atoms with E-state index in [2.05, 4.69) is 5.32 Å². The van der Waals surface area contributed by atoms with Crippen LogP contribution in [0.15, 0.2) is 60.7 Å². The summed E-state index contributed by atoms with van der Waals surface area (Å²) >= 11 is 0. The minimum atomic E-state index is -1.69. The first kappa shape index (κ1) is 14.8. The highest BCUT2D eigenvalue weighted by Gasteiger charge is 2.67. The van der Waals surface area contributed by atoms with Crippen molar-refractivity contribution in [1.29, 1.82) is 0 Å². The Balaban J connectivity index is 1.89. The molecular formula is C18H19NO4. The summed E-state index contributed by atoms with van der Waals surface area (Å²) in [6.07, 6.45) is 0. The van der Waals surface area contributed by atoms with E-state index in [4.69, 9.17) is 9.47 Å². The van der Waals surface area contributed by atoms with Crippen LogP contribution in [0.25, 0.3) is 0 Å². The molecule has 0 unspecified atom stereocenters. The number of hydrogen-bond acceptors (Lipinski definition) is 5. The third-order valence-electron chi connectivity index (χ3n) is 4.69. The lowest BCUT2D eigenvalue weighted by atomic mass is 9.85. The third kappa shape index (κ3) is 1.99. The van der Waals surface area contributed by atoms with E-state index in [1.54, 1.807) is 12.1 Å². The summed E-state index contributed by atoms with van der Waals surface area (Å²) in [5.41, 5.74) is -0.626. The summed E-state index contributed by atoms with van der Waals surface area (Å²) in [5, 5.41) is 24.5. The summed E-state index contributed by atoms with van der Waals surface area (Å²) < 4.78 is 12.0. The molecule has 2 aliphatic rings. The van der Waals surface area contributed by atoms with Gasteiger partial charge in [0.1, 0.15) is 0 Å². The van der Waals surface area contributed by atoms with Crippen LogP contribution in [0.1, 0.15) is 11.1 Å². The number of nitrogens with one attached hydrogen (secondary N) is 1. The Morgan fingerprint density at radius 1 is 0.870 bits per heavy atom. The fraction of sp³-hybridized carbons (Fsp3) is 0.333. The van der Waals surface area contributed by atoms with Gasteiger partial charge in [-0.15, -0.1) is 0 Å². The zero-order valence-corrected chi connectivity index (χ0v) is 12.6. The molecule has 2 aliphatic heterocycles. The maximum Gasteiger partial charge on any atom is 0.241 e. The topological polar surface area (TPSA) is 71.0 Å². The van der Waals surface area contributed by atoms with Crippen molar-refractivity contribution in [1.82, 2.24) is 5.32 Å². The highest BCUT2D eigenvalue weighted by molar-refractivity contribution is 5.35. The van der Waals surface area contributed by atoms with E-state index in [9.17, 15) is 10.2 Å². The Morgan fingerprint density at radius 2 is 1.43 bits per heavy atom. The van der Waals surface area contributed by atoms with Gasteiger partial charge in [0.15, 0.2) is 0 Å². The smallest absolute Gasteiger partial charge is 0.241 e. The first-order valence-corrected chi connectivity index (χ1v) is 7.66. The molecule has 4 rings (SSSR count). The average Bonchev–Trinajstić information content (AvgIpc) is 2.98. The molecule has 5 nitrogen and oxygen atoms in total. The van der Waals surface area contributed by atoms with Crippen molar-refractivity contribution in [3.05, 3.63) is 71.8 Å². The van der Waals surface area contributed by atoms with E-state index >= 15 is 0 Å². The van der Waals surface area contributed by atoms with Crippen LogP contribution in [0.2, 0.25) is 0 Å². The molecular weight excluding hydrogens is 294 g/mol. The standard InChI is InChI=1S/C18H19NO4/c20-11-16-12-22-17(19-16,14-7-3-1-4-8-14)18(21,23-13-16)15-9-5-2-6-10-15/h1-10,19-21H,11-13H2/t16-,17+,18-/m0/s1. The minimum Gasteiger partial charge on any atom is -0.394 e. The van der Waals surface area contributed by atoms with Crippen LogP contribution >= 0.6 is 0 Å². The summed E-state index contributed by atoms with van der Waals surface area (Å²) in [4.78, 5) is 0. The highest BCUT2D eigenvalue weighted by atomic mass is 16.7. The van der Waals surface area contributed by atoms with Gasteiger partial charge in [-0.05, 0) is 0 Å². The van der Waals surface area contributed by atoms with Gasteiger partial charge in [-0.3, -0.25) is 5.32 Å². The third-order valence-corrected chi connectivity index (χ3v) is 4.69. The molecule has 2 fully saturated rings. The molecule has 120 valence electrons. The van der Waals surface area contributed by atoms with Gasteiger partial charge in [-0.1, -0.05) is 60.7 Å². The van der Waals surface area contributed by atoms with Gasteiger partial charge in [0.2, 0.25) is 11.5 Å². The first-order chi connectivity index (χ1) is 11.1. The molecule has 0 spiro atoms. The van der Waals surface area contributed by atoms with Crippen LogP contribution in [-0.4, -0.2) is 35.6 Å². The fourth-order valence-electron chi connectivity index (χ4n) is 3.40. The lowest BCUT2D eigenvalue weighted by Gasteiger charge is -2.49. The maximum absolute atomic E-state index is 11.5. The Kier molecular flexibility index (Phi) is 3.30. The molecule has 2 saturated heterocycles. The summed E-state index contributed by atoms with van der Waals surface area (Å²) in [6, 6.07) is 18.6. The lowest BCUT2D eigenvalue weighted by Crippen LogP contribution is -2.69. The van der Waals surface area contributed by atoms with Gasteiger partial charge in [0, 0.05) is 11.1 Å². The maximum atomic E-state index is 11.5. The number of fused-ring (bicyclic) bond motifs is 2. The van der Waals surface area contributed by atoms with E-state index in [1.807, 2.05) is 48.5 Å². The monoisotopic (exact) mass is 313 g/mol. The molecule has 2 heterocycles. The van der Waals surface area contributed by atoms with Crippen molar-refractivity contribution in [2.45, 2.75) is 17.1 Å². The molecule has 0 amide bonds. The van der Waals surface area contributed by atoms with Crippen molar-refractivity contribution >= 4 is 0 Å². The molecule has 0 aliphatic carbocycles. The molecule has 0 saturated carbocycles. The number of hydrogen-bond donors (Lipinski definition) is 3. The van der Waals surface area contributed by atoms with E-state index in [0.717, 1.165) is 5.56 Å². The van der Waals surface area contributed by atoms with E-state index < -0.39 is 17.1 Å². The SMILES string of the molecule is OC[C@]12CO[C@@](O)(c3ccccc3)[C@](c3ccccc3)(N1)OC2. The second-order valence-corrected chi connectivity index (χ2v) is 6.20. The van der Waals surface area contributed by atoms with Crippen molar-refractivity contribution in [3.63, 3.8) is 0 Å². The Labute approximate surface area is 134 Å². The van der Waals surface area contributed by atoms with Gasteiger partial charge >= 0.3 is 0 Å². The quantitative estimate of drug-likeness (QED) is 0.790. The minimum absolute atomic E-state index is 0.132. The molecule has 23 heavy (non-hydrogen) atoms. The fourth-order valence-corrected chi connectivity index (χ4v) is 3.40. The summed E-state index contributed by atoms with van der Waals surface area (Å²) in [7, 11) is 0. The number of rotatable bonds is 3. The average molecular weight is 313 g/mol. The Hall–Kier alpha value is -1.76. The molecule has 3 atom stereocenters. The molecule has 3 N–H and O–H groups in total. The zero-order chi connectivity index (χ0) is 16.0. The van der Waals surface area contributed by atoms with Gasteiger partial charge in [0.25, 0.3) is 0 Å². The van der Waals surface area contributed by atoms with Crippen molar-refractivity contribution in [2.75, 3.05) is 19.8 Å². The Bertz CT molecular complexity index is 695. The van der Waals surface area contributed by atoms with Gasteiger partial charge in [-0.2, -0.15) is 0 Å². The normalized spacial score (nSPS) is 36.1. The van der Waals surface area contributed by atoms with Crippen LogP contribution < -0.4 is 5.32 Å². The number of aliphatic hydroxyl groups excluding tert-OH is 1. The van der Waals surface area contributed by atoms with Crippen LogP contribution in [0.5, 0.6) is 0 Å². The predicted octanol–water partition coefficient (Wildman–Crippen LogP) is 1.07. The number of ether oxygens (including phenoxy) is 2. The van der Waals surface area contributed by atoms with Crippen molar-refractivity contribution in [3.8, 4) is 0 Å². The van der Waals surface area contributed by atoms with E-state index in [1.165, 1.54) is 0 Å². The predicted molar refractivity (Wildman–Crippen MR) is 83.3 cm³/mol. The van der Waals surface area contributed by atoms with Crippen LogP contribution in [-0.2, 0) is 21.0 Å². The van der Waals surface area contributed by atoms with Crippen molar-refractivity contribution < 1.29 is 19.7 Å². The molecule has 5 heteroatoms. The second-order valence-electron chi connectivity index (χ2n) is 6.20. The van der Waals surface area contributed by atoms with Crippen molar-refractivity contribution in [2.24, 2.45) is 0 Å². The number of aliphatic hydroxyl groups is 2. The summed E-state index contributed by atoms with van der Waals surface area (Å²) in [6.45, 7) is 0.281. The van der Waals surface area contributed by atoms with E-state index in [-0.39, 0.29) is 19.8 Å². The van der Waals surface area contributed by atoms with Crippen LogP contribution in [0.4, 0.5) is 0 Å². The zero-order valence-electron chi connectivity index (χ0n) is 12.6. The second kappa shape index (κ2) is 5.12. The molecule has 0 aromatic heterocycles. The van der Waals surface area contributed by atoms with Gasteiger partial charge in [0.05, 0.1) is 25.4 Å². The van der Waals surface area contributed by atoms with E-state index in [0.29, 0.717) is 5.56 Å². The first-order valence-electron chi connectivity index (χ1n) is 7.66. The molecule has 2 aromatic carbocycles. The van der Waals surface area contributed by atoms with Crippen LogP contribution in [0.3, 0.4) is 0 Å². The largest absolute Gasteiger partial charge is 0.394 e. The molecule has 2 bridgehead atoms. The lowest BCUT2D eigenvalue weighted by molar-refractivity contribution is -0.338.